The Morgan fingerprint density at radius 3 is 2.18 bits per heavy atom. The number of ether oxygens (including phenoxy) is 2. The molecule has 1 rings (SSSR count). The maximum atomic E-state index is 12.0. The zero-order valence-corrected chi connectivity index (χ0v) is 12.7. The molecule has 0 saturated carbocycles. The van der Waals surface area contributed by atoms with E-state index in [2.05, 4.69) is 0 Å². The van der Waals surface area contributed by atoms with Crippen LogP contribution in [0.1, 0.15) is 20.8 Å². The zero-order chi connectivity index (χ0) is 16.7. The summed E-state index contributed by atoms with van der Waals surface area (Å²) in [6.07, 6.45) is -2.02. The molecule has 0 aliphatic heterocycles. The summed E-state index contributed by atoms with van der Waals surface area (Å²) in [5, 5.41) is 1.90. The van der Waals surface area contributed by atoms with E-state index in [1.54, 1.807) is 38.1 Å². The van der Waals surface area contributed by atoms with Gasteiger partial charge in [0.25, 0.3) is 5.91 Å². The highest BCUT2D eigenvalue weighted by atomic mass is 16.6. The Kier molecular flexibility index (Phi) is 6.37. The Labute approximate surface area is 128 Å². The van der Waals surface area contributed by atoms with Crippen LogP contribution in [0.5, 0.6) is 5.75 Å². The normalized spacial score (nSPS) is 13.1. The molecule has 1 aromatic carbocycles. The molecule has 0 heterocycles. The van der Waals surface area contributed by atoms with E-state index in [0.29, 0.717) is 5.75 Å². The van der Waals surface area contributed by atoms with Crippen molar-refractivity contribution in [3.63, 3.8) is 0 Å². The maximum absolute atomic E-state index is 12.0. The second kappa shape index (κ2) is 8.02. The van der Waals surface area contributed by atoms with Crippen LogP contribution < -0.4 is 15.8 Å². The van der Waals surface area contributed by atoms with Crippen LogP contribution in [0.2, 0.25) is 0 Å². The number of imide groups is 1. The second-order valence-electron chi connectivity index (χ2n) is 5.03. The molecular formula is C15H20N2O5. The molecule has 0 aromatic heterocycles. The Balaban J connectivity index is 2.66. The van der Waals surface area contributed by atoms with Gasteiger partial charge in [0, 0.05) is 0 Å². The van der Waals surface area contributed by atoms with E-state index >= 15 is 0 Å². The van der Waals surface area contributed by atoms with Crippen LogP contribution in [0.4, 0.5) is 4.79 Å². The molecule has 0 aliphatic carbocycles. The largest absolute Gasteiger partial charge is 0.479 e. The van der Waals surface area contributed by atoms with Crippen molar-refractivity contribution >= 4 is 17.9 Å². The lowest BCUT2D eigenvalue weighted by Gasteiger charge is -2.22. The van der Waals surface area contributed by atoms with Gasteiger partial charge >= 0.3 is 12.0 Å². The third-order valence-corrected chi connectivity index (χ3v) is 2.74. The summed E-state index contributed by atoms with van der Waals surface area (Å²) >= 11 is 0. The number of hydrogen-bond acceptors (Lipinski definition) is 5. The second-order valence-corrected chi connectivity index (χ2v) is 5.03. The summed E-state index contributed by atoms with van der Waals surface area (Å²) in [6, 6.07) is 7.75. The average molecular weight is 308 g/mol. The molecule has 1 aromatic rings. The van der Waals surface area contributed by atoms with E-state index in [9.17, 15) is 14.4 Å². The predicted octanol–water partition coefficient (Wildman–Crippen LogP) is 1.22. The van der Waals surface area contributed by atoms with Crippen molar-refractivity contribution < 1.29 is 23.9 Å². The first-order valence-electron chi connectivity index (χ1n) is 6.83. The van der Waals surface area contributed by atoms with Gasteiger partial charge in [0.1, 0.15) is 5.75 Å². The molecule has 7 heteroatoms. The lowest BCUT2D eigenvalue weighted by Crippen LogP contribution is -2.46. The van der Waals surface area contributed by atoms with E-state index in [1.807, 2.05) is 11.4 Å². The van der Waals surface area contributed by atoms with Crippen molar-refractivity contribution in [2.45, 2.75) is 33.0 Å². The standard InChI is InChI=1S/C15H20N2O5/c1-9(2)12(13(18)17-15(16)20)22-14(19)10(3)21-11-7-5-4-6-8-11/h4-10,12H,1-3H3,(H3,16,17,18,20)/t10-,12-/m0/s1. The summed E-state index contributed by atoms with van der Waals surface area (Å²) in [7, 11) is 0. The molecule has 0 aliphatic rings. The SMILES string of the molecule is CC(C)[C@H](OC(=O)[C@H](C)Oc1ccccc1)C(=O)NC(N)=O. The Bertz CT molecular complexity index is 530. The van der Waals surface area contributed by atoms with Crippen molar-refractivity contribution in [2.24, 2.45) is 11.7 Å². The fraction of sp³-hybridized carbons (Fsp3) is 0.400. The van der Waals surface area contributed by atoms with Crippen molar-refractivity contribution in [1.29, 1.82) is 0 Å². The van der Waals surface area contributed by atoms with Gasteiger partial charge in [0.05, 0.1) is 0 Å². The fourth-order valence-corrected chi connectivity index (χ4v) is 1.66. The van der Waals surface area contributed by atoms with Gasteiger partial charge in [-0.2, -0.15) is 0 Å². The van der Waals surface area contributed by atoms with Gasteiger partial charge in [-0.3, -0.25) is 10.1 Å². The van der Waals surface area contributed by atoms with Gasteiger partial charge in [-0.1, -0.05) is 32.0 Å². The average Bonchev–Trinajstić information content (AvgIpc) is 2.44. The summed E-state index contributed by atoms with van der Waals surface area (Å²) in [5.74, 6) is -1.29. The van der Waals surface area contributed by atoms with Crippen molar-refractivity contribution in [3.05, 3.63) is 30.3 Å². The van der Waals surface area contributed by atoms with Crippen LogP contribution in [-0.2, 0) is 14.3 Å². The van der Waals surface area contributed by atoms with E-state index in [1.165, 1.54) is 6.92 Å². The maximum Gasteiger partial charge on any atom is 0.347 e. The Morgan fingerprint density at radius 1 is 1.09 bits per heavy atom. The highest BCUT2D eigenvalue weighted by Gasteiger charge is 2.29. The lowest BCUT2D eigenvalue weighted by molar-refractivity contribution is -0.164. The Morgan fingerprint density at radius 2 is 1.68 bits per heavy atom. The number of urea groups is 1. The molecule has 0 radical (unpaired) electrons. The Hall–Kier alpha value is -2.57. The van der Waals surface area contributed by atoms with Crippen molar-refractivity contribution in [1.82, 2.24) is 5.32 Å². The van der Waals surface area contributed by atoms with Crippen LogP contribution in [0.15, 0.2) is 30.3 Å². The molecule has 0 saturated heterocycles. The van der Waals surface area contributed by atoms with Gasteiger partial charge in [-0.15, -0.1) is 0 Å². The molecule has 2 atom stereocenters. The number of para-hydroxylation sites is 1. The minimum Gasteiger partial charge on any atom is -0.479 e. The summed E-state index contributed by atoms with van der Waals surface area (Å²) in [5.41, 5.74) is 4.89. The number of primary amides is 1. The van der Waals surface area contributed by atoms with Gasteiger partial charge in [-0.05, 0) is 25.0 Å². The minimum absolute atomic E-state index is 0.327. The summed E-state index contributed by atoms with van der Waals surface area (Å²) in [6.45, 7) is 4.88. The first kappa shape index (κ1) is 17.5. The third-order valence-electron chi connectivity index (χ3n) is 2.74. The summed E-state index contributed by atoms with van der Waals surface area (Å²) in [4.78, 5) is 34.5. The first-order chi connectivity index (χ1) is 10.3. The van der Waals surface area contributed by atoms with Crippen molar-refractivity contribution in [3.8, 4) is 5.75 Å². The third kappa shape index (κ3) is 5.43. The number of nitrogens with two attached hydrogens (primary N) is 1. The number of hydrogen-bond donors (Lipinski definition) is 2. The van der Waals surface area contributed by atoms with Gasteiger partial charge in [0.15, 0.2) is 12.2 Å². The lowest BCUT2D eigenvalue weighted by atomic mass is 10.1. The molecular weight excluding hydrogens is 288 g/mol. The number of carbonyl (C=O) groups is 3. The zero-order valence-electron chi connectivity index (χ0n) is 12.7. The molecule has 0 unspecified atom stereocenters. The number of nitrogens with one attached hydrogen (secondary N) is 1. The molecule has 3 N–H and O–H groups in total. The minimum atomic E-state index is -1.12. The fourth-order valence-electron chi connectivity index (χ4n) is 1.66. The predicted molar refractivity (Wildman–Crippen MR) is 79.0 cm³/mol. The van der Waals surface area contributed by atoms with Crippen LogP contribution in [0, 0.1) is 5.92 Å². The van der Waals surface area contributed by atoms with Gasteiger partial charge in [0.2, 0.25) is 0 Å². The van der Waals surface area contributed by atoms with Crippen molar-refractivity contribution in [2.75, 3.05) is 0 Å². The monoisotopic (exact) mass is 308 g/mol. The topological polar surface area (TPSA) is 108 Å². The molecule has 0 fully saturated rings. The molecule has 120 valence electrons. The highest BCUT2D eigenvalue weighted by Crippen LogP contribution is 2.13. The molecule has 0 bridgehead atoms. The number of carbonyl (C=O) groups excluding carboxylic acids is 3. The van der Waals surface area contributed by atoms with E-state index < -0.39 is 30.1 Å². The van der Waals surface area contributed by atoms with Crippen LogP contribution >= 0.6 is 0 Å². The van der Waals surface area contributed by atoms with Crippen LogP contribution in [-0.4, -0.2) is 30.1 Å². The van der Waals surface area contributed by atoms with E-state index in [0.717, 1.165) is 0 Å². The molecule has 0 spiro atoms. The molecule has 3 amide bonds. The summed E-state index contributed by atoms with van der Waals surface area (Å²) < 4.78 is 10.5. The number of rotatable bonds is 6. The quantitative estimate of drug-likeness (QED) is 0.768. The number of benzene rings is 1. The smallest absolute Gasteiger partial charge is 0.347 e. The van der Waals surface area contributed by atoms with Gasteiger partial charge < -0.3 is 15.2 Å². The molecule has 7 nitrogen and oxygen atoms in total. The van der Waals surface area contributed by atoms with Crippen LogP contribution in [0.3, 0.4) is 0 Å². The highest BCUT2D eigenvalue weighted by molar-refractivity contribution is 5.96. The van der Waals surface area contributed by atoms with Gasteiger partial charge in [-0.25, -0.2) is 9.59 Å². The van der Waals surface area contributed by atoms with E-state index in [-0.39, 0.29) is 5.92 Å². The van der Waals surface area contributed by atoms with Crippen LogP contribution in [0.25, 0.3) is 0 Å². The molecule has 22 heavy (non-hydrogen) atoms. The van der Waals surface area contributed by atoms with E-state index in [4.69, 9.17) is 15.2 Å². The number of amides is 3. The first-order valence-corrected chi connectivity index (χ1v) is 6.83. The number of esters is 1.